The Hall–Kier alpha value is -2.16. The van der Waals surface area contributed by atoms with Gasteiger partial charge in [0.2, 0.25) is 6.33 Å². The summed E-state index contributed by atoms with van der Waals surface area (Å²) in [5, 5.41) is 4.67. The van der Waals surface area contributed by atoms with Crippen LogP contribution >= 0.6 is 0 Å². The number of para-hydroxylation sites is 1. The second kappa shape index (κ2) is 4.50. The van der Waals surface area contributed by atoms with Gasteiger partial charge < -0.3 is 0 Å². The summed E-state index contributed by atoms with van der Waals surface area (Å²) in [7, 11) is 0. The van der Waals surface area contributed by atoms with Crippen LogP contribution in [0, 0.1) is 6.92 Å². The van der Waals surface area contributed by atoms with E-state index < -0.39 is 0 Å². The van der Waals surface area contributed by atoms with Gasteiger partial charge in [0, 0.05) is 6.07 Å². The molecule has 19 heavy (non-hydrogen) atoms. The third-order valence-electron chi connectivity index (χ3n) is 3.45. The molecule has 2 aromatic heterocycles. The van der Waals surface area contributed by atoms with Crippen LogP contribution in [0.3, 0.4) is 0 Å². The molecule has 3 nitrogen and oxygen atoms in total. The normalized spacial score (nSPS) is 11.4. The van der Waals surface area contributed by atoms with Crippen LogP contribution in [0.25, 0.3) is 11.3 Å². The lowest BCUT2D eigenvalue weighted by Gasteiger charge is -2.07. The van der Waals surface area contributed by atoms with E-state index in [2.05, 4.69) is 60.6 Å². The van der Waals surface area contributed by atoms with E-state index in [1.54, 1.807) is 0 Å². The van der Waals surface area contributed by atoms with Crippen molar-refractivity contribution in [3.8, 4) is 5.69 Å². The average molecular weight is 252 g/mol. The summed E-state index contributed by atoms with van der Waals surface area (Å²) in [6.45, 7) is 6.51. The average Bonchev–Trinajstić information content (AvgIpc) is 2.84. The lowest BCUT2D eigenvalue weighted by molar-refractivity contribution is -0.520. The van der Waals surface area contributed by atoms with Gasteiger partial charge in [0.05, 0.1) is 10.8 Å². The topological polar surface area (TPSA) is 21.9 Å². The molecule has 0 aliphatic heterocycles. The summed E-state index contributed by atoms with van der Waals surface area (Å²) in [6.07, 6.45) is 2.05. The van der Waals surface area contributed by atoms with Crippen LogP contribution < -0.4 is 4.40 Å². The Morgan fingerprint density at radius 3 is 2.58 bits per heavy atom. The van der Waals surface area contributed by atoms with Gasteiger partial charge in [-0.05, 0) is 30.5 Å². The van der Waals surface area contributed by atoms with Crippen molar-refractivity contribution in [2.75, 3.05) is 0 Å². The van der Waals surface area contributed by atoms with Crippen LogP contribution in [0.1, 0.15) is 31.0 Å². The summed E-state index contributed by atoms with van der Waals surface area (Å²) >= 11 is 0. The van der Waals surface area contributed by atoms with Crippen LogP contribution in [-0.2, 0) is 0 Å². The van der Waals surface area contributed by atoms with Gasteiger partial charge in [0.25, 0.3) is 0 Å². The number of pyridine rings is 1. The number of rotatable bonds is 2. The molecule has 1 aromatic carbocycles. The third kappa shape index (κ3) is 2.01. The summed E-state index contributed by atoms with van der Waals surface area (Å²) in [5.41, 5.74) is 4.62. The maximum Gasteiger partial charge on any atom is 0.306 e. The van der Waals surface area contributed by atoms with Crippen molar-refractivity contribution in [2.45, 2.75) is 26.7 Å². The highest BCUT2D eigenvalue weighted by atomic mass is 15.3. The summed E-state index contributed by atoms with van der Waals surface area (Å²) < 4.78 is 4.08. The minimum atomic E-state index is 0.481. The zero-order valence-electron chi connectivity index (χ0n) is 11.5. The molecule has 0 bridgehead atoms. The molecule has 2 heterocycles. The van der Waals surface area contributed by atoms with Crippen LogP contribution in [0.15, 0.2) is 48.8 Å². The summed E-state index contributed by atoms with van der Waals surface area (Å²) in [6, 6.07) is 14.6. The molecule has 3 aromatic rings. The molecule has 0 saturated heterocycles. The van der Waals surface area contributed by atoms with Crippen molar-refractivity contribution in [1.29, 1.82) is 0 Å². The Balaban J connectivity index is 2.22. The number of nitrogens with zero attached hydrogens (tertiary/aromatic N) is 3. The molecule has 3 rings (SSSR count). The zero-order chi connectivity index (χ0) is 13.4. The molecule has 0 radical (unpaired) electrons. The molecule has 0 spiro atoms. The van der Waals surface area contributed by atoms with Gasteiger partial charge in [-0.2, -0.15) is 0 Å². The first-order valence-corrected chi connectivity index (χ1v) is 6.63. The van der Waals surface area contributed by atoms with Crippen molar-refractivity contribution in [1.82, 2.24) is 9.78 Å². The Labute approximate surface area is 113 Å². The standard InChI is InChI=1S/C16H18N3/c1-12(2)14-8-4-5-9-15(14)19-11-18-13(3)7-6-10-16(18)17-19/h4-12H,1-3H3/q+1. The lowest BCUT2D eigenvalue weighted by atomic mass is 10.0. The Bertz CT molecular complexity index is 726. The molecule has 0 amide bonds. The van der Waals surface area contributed by atoms with Gasteiger partial charge in [-0.3, -0.25) is 0 Å². The lowest BCUT2D eigenvalue weighted by Crippen LogP contribution is -2.22. The molecule has 0 atom stereocenters. The van der Waals surface area contributed by atoms with Crippen LogP contribution in [-0.4, -0.2) is 9.78 Å². The predicted molar refractivity (Wildman–Crippen MR) is 75.6 cm³/mol. The first-order valence-electron chi connectivity index (χ1n) is 6.63. The van der Waals surface area contributed by atoms with E-state index >= 15 is 0 Å². The van der Waals surface area contributed by atoms with Crippen molar-refractivity contribution in [2.24, 2.45) is 0 Å². The zero-order valence-corrected chi connectivity index (χ0v) is 11.5. The minimum Gasteiger partial charge on any atom is -0.201 e. The molecular formula is C16H18N3+. The van der Waals surface area contributed by atoms with Gasteiger partial charge >= 0.3 is 5.65 Å². The number of benzene rings is 1. The molecule has 0 fully saturated rings. The highest BCUT2D eigenvalue weighted by Crippen LogP contribution is 2.21. The van der Waals surface area contributed by atoms with Gasteiger partial charge in [-0.25, -0.2) is 4.40 Å². The summed E-state index contributed by atoms with van der Waals surface area (Å²) in [5.74, 6) is 0.481. The van der Waals surface area contributed by atoms with Crippen molar-refractivity contribution >= 4 is 5.65 Å². The van der Waals surface area contributed by atoms with Gasteiger partial charge in [-0.1, -0.05) is 42.8 Å². The number of fused-ring (bicyclic) bond motifs is 1. The number of hydrogen-bond donors (Lipinski definition) is 0. The van der Waals surface area contributed by atoms with Gasteiger partial charge in [0.15, 0.2) is 0 Å². The fraction of sp³-hybridized carbons (Fsp3) is 0.250. The highest BCUT2D eigenvalue weighted by Gasteiger charge is 2.16. The van der Waals surface area contributed by atoms with Crippen LogP contribution in [0.5, 0.6) is 0 Å². The Morgan fingerprint density at radius 1 is 1.05 bits per heavy atom. The minimum absolute atomic E-state index is 0.481. The number of aromatic nitrogens is 3. The molecule has 3 heteroatoms. The molecular weight excluding hydrogens is 234 g/mol. The van der Waals surface area contributed by atoms with E-state index in [1.807, 2.05) is 23.1 Å². The maximum absolute atomic E-state index is 4.67. The quantitative estimate of drug-likeness (QED) is 0.642. The third-order valence-corrected chi connectivity index (χ3v) is 3.45. The second-order valence-electron chi connectivity index (χ2n) is 5.17. The van der Waals surface area contributed by atoms with Crippen LogP contribution in [0.2, 0.25) is 0 Å². The fourth-order valence-electron chi connectivity index (χ4n) is 2.39. The van der Waals surface area contributed by atoms with Crippen molar-refractivity contribution in [3.63, 3.8) is 0 Å². The van der Waals surface area contributed by atoms with Gasteiger partial charge in [0.1, 0.15) is 5.69 Å². The monoisotopic (exact) mass is 252 g/mol. The van der Waals surface area contributed by atoms with E-state index in [0.29, 0.717) is 5.92 Å². The number of aryl methyl sites for hydroxylation is 1. The smallest absolute Gasteiger partial charge is 0.201 e. The molecule has 0 aliphatic carbocycles. The van der Waals surface area contributed by atoms with Crippen LogP contribution in [0.4, 0.5) is 0 Å². The van der Waals surface area contributed by atoms with Crippen molar-refractivity contribution in [3.05, 3.63) is 60.0 Å². The van der Waals surface area contributed by atoms with Gasteiger partial charge in [-0.15, -0.1) is 0 Å². The first-order chi connectivity index (χ1) is 9.16. The van der Waals surface area contributed by atoms with E-state index in [9.17, 15) is 0 Å². The largest absolute Gasteiger partial charge is 0.306 e. The van der Waals surface area contributed by atoms with E-state index in [0.717, 1.165) is 11.3 Å². The van der Waals surface area contributed by atoms with E-state index in [-0.39, 0.29) is 0 Å². The Kier molecular flexibility index (Phi) is 2.82. The summed E-state index contributed by atoms with van der Waals surface area (Å²) in [4.78, 5) is 0. The van der Waals surface area contributed by atoms with E-state index in [1.165, 1.54) is 11.3 Å². The first kappa shape index (κ1) is 11.9. The molecule has 0 saturated carbocycles. The molecule has 96 valence electrons. The molecule has 0 N–H and O–H groups in total. The van der Waals surface area contributed by atoms with Crippen molar-refractivity contribution < 1.29 is 4.40 Å². The number of hydrogen-bond acceptors (Lipinski definition) is 1. The highest BCUT2D eigenvalue weighted by molar-refractivity contribution is 5.42. The second-order valence-corrected chi connectivity index (χ2v) is 5.17. The SMILES string of the molecule is Cc1cccc2nn(-c3ccccc3C(C)C)c[n+]12. The Morgan fingerprint density at radius 2 is 1.84 bits per heavy atom. The fourth-order valence-corrected chi connectivity index (χ4v) is 2.39. The van der Waals surface area contributed by atoms with E-state index in [4.69, 9.17) is 0 Å². The molecule has 0 aliphatic rings. The molecule has 0 unspecified atom stereocenters. The maximum atomic E-state index is 4.67. The predicted octanol–water partition coefficient (Wildman–Crippen LogP) is 3.04.